The summed E-state index contributed by atoms with van der Waals surface area (Å²) in [6, 6.07) is 21.6. The van der Waals surface area contributed by atoms with Gasteiger partial charge in [-0.3, -0.25) is 9.59 Å². The van der Waals surface area contributed by atoms with Crippen molar-refractivity contribution >= 4 is 34.0 Å². The molecule has 130 valence electrons. The number of nitrogens with one attached hydrogen (secondary N) is 1. The van der Waals surface area contributed by atoms with Gasteiger partial charge in [0.1, 0.15) is 0 Å². The number of hydrogen-bond donors (Lipinski definition) is 1. The minimum atomic E-state index is -0.0507. The summed E-state index contributed by atoms with van der Waals surface area (Å²) in [5.41, 5.74) is 2.64. The molecule has 1 heterocycles. The second-order valence-corrected chi connectivity index (χ2v) is 6.60. The first-order valence-electron chi connectivity index (χ1n) is 8.87. The molecule has 1 saturated heterocycles. The van der Waals surface area contributed by atoms with E-state index in [1.54, 1.807) is 4.90 Å². The number of benzene rings is 3. The van der Waals surface area contributed by atoms with Crippen molar-refractivity contribution in [2.75, 3.05) is 16.8 Å². The standard InChI is InChI=1S/C22H20N2O2/c25-21(23-19-10-9-17-4-1-2-5-18(17)15-19)14-16-7-11-20(12-8-16)24-13-3-6-22(24)26/h1-2,4-5,7-12,15H,3,6,13-14H2,(H,23,25). The molecule has 4 rings (SSSR count). The maximum absolute atomic E-state index is 12.3. The van der Waals surface area contributed by atoms with Crippen molar-refractivity contribution in [1.29, 1.82) is 0 Å². The summed E-state index contributed by atoms with van der Waals surface area (Å²) in [6.45, 7) is 0.778. The second kappa shape index (κ2) is 7.00. The molecule has 1 aliphatic heterocycles. The highest BCUT2D eigenvalue weighted by Gasteiger charge is 2.21. The van der Waals surface area contributed by atoms with E-state index >= 15 is 0 Å². The molecule has 3 aromatic rings. The number of hydrogen-bond acceptors (Lipinski definition) is 2. The van der Waals surface area contributed by atoms with Crippen LogP contribution in [-0.2, 0) is 16.0 Å². The van der Waals surface area contributed by atoms with Crippen molar-refractivity contribution in [3.63, 3.8) is 0 Å². The molecule has 0 radical (unpaired) electrons. The summed E-state index contributed by atoms with van der Waals surface area (Å²) in [5.74, 6) is 0.122. The van der Waals surface area contributed by atoms with Crippen LogP contribution in [0.25, 0.3) is 10.8 Å². The quantitative estimate of drug-likeness (QED) is 0.773. The van der Waals surface area contributed by atoms with Crippen LogP contribution >= 0.6 is 0 Å². The first kappa shape index (κ1) is 16.3. The largest absolute Gasteiger partial charge is 0.326 e. The van der Waals surface area contributed by atoms with Gasteiger partial charge in [0, 0.05) is 24.3 Å². The van der Waals surface area contributed by atoms with Gasteiger partial charge in [-0.15, -0.1) is 0 Å². The number of carbonyl (C=O) groups excluding carboxylic acids is 2. The average Bonchev–Trinajstić information content (AvgIpc) is 3.08. The predicted molar refractivity (Wildman–Crippen MR) is 104 cm³/mol. The van der Waals surface area contributed by atoms with Crippen LogP contribution in [0.1, 0.15) is 18.4 Å². The van der Waals surface area contributed by atoms with Gasteiger partial charge in [0.2, 0.25) is 11.8 Å². The molecule has 4 nitrogen and oxygen atoms in total. The molecule has 0 unspecified atom stereocenters. The lowest BCUT2D eigenvalue weighted by molar-refractivity contribution is -0.117. The molecular weight excluding hydrogens is 324 g/mol. The van der Waals surface area contributed by atoms with Gasteiger partial charge in [-0.25, -0.2) is 0 Å². The normalized spacial score (nSPS) is 14.0. The SMILES string of the molecule is O=C(Cc1ccc(N2CCCC2=O)cc1)Nc1ccc2ccccc2c1. The van der Waals surface area contributed by atoms with Crippen LogP contribution in [0, 0.1) is 0 Å². The fourth-order valence-corrected chi connectivity index (χ4v) is 3.37. The lowest BCUT2D eigenvalue weighted by Crippen LogP contribution is -2.23. The van der Waals surface area contributed by atoms with Crippen molar-refractivity contribution in [3.8, 4) is 0 Å². The predicted octanol–water partition coefficient (Wildman–Crippen LogP) is 4.15. The average molecular weight is 344 g/mol. The smallest absolute Gasteiger partial charge is 0.228 e. The molecule has 3 aromatic carbocycles. The summed E-state index contributed by atoms with van der Waals surface area (Å²) in [4.78, 5) is 25.9. The summed E-state index contributed by atoms with van der Waals surface area (Å²) in [7, 11) is 0. The fourth-order valence-electron chi connectivity index (χ4n) is 3.37. The van der Waals surface area contributed by atoms with Crippen LogP contribution in [0.5, 0.6) is 0 Å². The molecule has 2 amide bonds. The van der Waals surface area contributed by atoms with E-state index in [-0.39, 0.29) is 11.8 Å². The fraction of sp³-hybridized carbons (Fsp3) is 0.182. The third-order valence-electron chi connectivity index (χ3n) is 4.72. The molecule has 4 heteroatoms. The van der Waals surface area contributed by atoms with Crippen LogP contribution in [0.2, 0.25) is 0 Å². The summed E-state index contributed by atoms with van der Waals surface area (Å²) in [6.07, 6.45) is 1.84. The number of amides is 2. The Morgan fingerprint density at radius 2 is 1.73 bits per heavy atom. The van der Waals surface area contributed by atoms with E-state index in [4.69, 9.17) is 0 Å². The Hall–Kier alpha value is -3.14. The molecular formula is C22H20N2O2. The number of rotatable bonds is 4. The third-order valence-corrected chi connectivity index (χ3v) is 4.72. The van der Waals surface area contributed by atoms with E-state index in [1.165, 1.54) is 0 Å². The van der Waals surface area contributed by atoms with E-state index in [9.17, 15) is 9.59 Å². The van der Waals surface area contributed by atoms with E-state index in [0.29, 0.717) is 12.8 Å². The Balaban J connectivity index is 1.41. The number of carbonyl (C=O) groups is 2. The van der Waals surface area contributed by atoms with Gasteiger partial charge in [0.25, 0.3) is 0 Å². The van der Waals surface area contributed by atoms with Gasteiger partial charge in [0.15, 0.2) is 0 Å². The van der Waals surface area contributed by atoms with Crippen molar-refractivity contribution in [1.82, 2.24) is 0 Å². The van der Waals surface area contributed by atoms with Crippen LogP contribution < -0.4 is 10.2 Å². The Morgan fingerprint density at radius 1 is 0.962 bits per heavy atom. The highest BCUT2D eigenvalue weighted by molar-refractivity contribution is 5.96. The molecule has 0 spiro atoms. The van der Waals surface area contributed by atoms with E-state index in [1.807, 2.05) is 66.7 Å². The highest BCUT2D eigenvalue weighted by atomic mass is 16.2. The van der Waals surface area contributed by atoms with E-state index < -0.39 is 0 Å². The number of fused-ring (bicyclic) bond motifs is 1. The molecule has 0 atom stereocenters. The van der Waals surface area contributed by atoms with Crippen LogP contribution in [0.3, 0.4) is 0 Å². The lowest BCUT2D eigenvalue weighted by Gasteiger charge is -2.15. The van der Waals surface area contributed by atoms with Crippen LogP contribution in [-0.4, -0.2) is 18.4 Å². The van der Waals surface area contributed by atoms with Crippen molar-refractivity contribution < 1.29 is 9.59 Å². The summed E-state index contributed by atoms with van der Waals surface area (Å²) >= 11 is 0. The maximum Gasteiger partial charge on any atom is 0.228 e. The minimum Gasteiger partial charge on any atom is -0.326 e. The molecule has 1 fully saturated rings. The Kier molecular flexibility index (Phi) is 4.40. The van der Waals surface area contributed by atoms with Gasteiger partial charge in [-0.1, -0.05) is 42.5 Å². The van der Waals surface area contributed by atoms with Gasteiger partial charge in [-0.05, 0) is 47.0 Å². The Bertz CT molecular complexity index is 963. The molecule has 0 aliphatic carbocycles. The molecule has 0 aromatic heterocycles. The van der Waals surface area contributed by atoms with Crippen molar-refractivity contribution in [3.05, 3.63) is 72.3 Å². The lowest BCUT2D eigenvalue weighted by atomic mass is 10.1. The number of nitrogens with zero attached hydrogens (tertiary/aromatic N) is 1. The second-order valence-electron chi connectivity index (χ2n) is 6.60. The van der Waals surface area contributed by atoms with Gasteiger partial charge in [-0.2, -0.15) is 0 Å². The van der Waals surface area contributed by atoms with Crippen LogP contribution in [0.15, 0.2) is 66.7 Å². The van der Waals surface area contributed by atoms with E-state index in [2.05, 4.69) is 5.32 Å². The first-order valence-corrected chi connectivity index (χ1v) is 8.87. The minimum absolute atomic E-state index is 0.0507. The molecule has 0 saturated carbocycles. The zero-order valence-corrected chi connectivity index (χ0v) is 14.4. The monoisotopic (exact) mass is 344 g/mol. The zero-order valence-electron chi connectivity index (χ0n) is 14.4. The maximum atomic E-state index is 12.3. The summed E-state index contributed by atoms with van der Waals surface area (Å²) < 4.78 is 0. The number of anilines is 2. The molecule has 0 bridgehead atoms. The highest BCUT2D eigenvalue weighted by Crippen LogP contribution is 2.22. The van der Waals surface area contributed by atoms with Gasteiger partial charge in [0.05, 0.1) is 6.42 Å². The Morgan fingerprint density at radius 3 is 2.46 bits per heavy atom. The third kappa shape index (κ3) is 3.45. The molecule has 26 heavy (non-hydrogen) atoms. The van der Waals surface area contributed by atoms with Crippen molar-refractivity contribution in [2.45, 2.75) is 19.3 Å². The van der Waals surface area contributed by atoms with Crippen molar-refractivity contribution in [2.24, 2.45) is 0 Å². The zero-order chi connectivity index (χ0) is 17.9. The first-order chi connectivity index (χ1) is 12.7. The summed E-state index contributed by atoms with van der Waals surface area (Å²) in [5, 5.41) is 5.21. The van der Waals surface area contributed by atoms with Crippen LogP contribution in [0.4, 0.5) is 11.4 Å². The van der Waals surface area contributed by atoms with E-state index in [0.717, 1.165) is 40.7 Å². The van der Waals surface area contributed by atoms with Gasteiger partial charge < -0.3 is 10.2 Å². The Labute approximate surface area is 152 Å². The molecule has 1 N–H and O–H groups in total. The topological polar surface area (TPSA) is 49.4 Å². The molecule has 1 aliphatic rings. The van der Waals surface area contributed by atoms with Gasteiger partial charge >= 0.3 is 0 Å².